The van der Waals surface area contributed by atoms with Gasteiger partial charge in [0.05, 0.1) is 0 Å². The average molecular weight is 184 g/mol. The van der Waals surface area contributed by atoms with Gasteiger partial charge in [-0.1, -0.05) is 0 Å². The zero-order chi connectivity index (χ0) is 3.54. The van der Waals surface area contributed by atoms with Gasteiger partial charge in [-0.15, -0.1) is 0 Å². The molecule has 5 heavy (non-hydrogen) atoms. The van der Waals surface area contributed by atoms with Crippen LogP contribution in [0, 0.1) is 0 Å². The molecular weight excluding hydrogens is 180 g/mol. The normalized spacial score (nSPS) is 16.0. The van der Waals surface area contributed by atoms with Crippen LogP contribution >= 0.6 is 0 Å². The van der Waals surface area contributed by atoms with E-state index in [1.165, 1.54) is 0 Å². The maximum absolute atomic E-state index is 3.98. The van der Waals surface area contributed by atoms with E-state index in [1.54, 1.807) is 0 Å². The predicted octanol–water partition coefficient (Wildman–Crippen LogP) is -0.537. The van der Waals surface area contributed by atoms with Crippen molar-refractivity contribution in [2.75, 3.05) is 0 Å². The van der Waals surface area contributed by atoms with Crippen molar-refractivity contribution in [3.63, 3.8) is 0 Å². The van der Waals surface area contributed by atoms with Crippen LogP contribution in [0.5, 0.6) is 0 Å². The summed E-state index contributed by atoms with van der Waals surface area (Å²) in [6.07, 6.45) is 3.87. The molecule has 0 atom stereocenters. The summed E-state index contributed by atoms with van der Waals surface area (Å²) in [5, 5.41) is 0. The van der Waals surface area contributed by atoms with Gasteiger partial charge >= 0.3 is 40.4 Å². The molecule has 1 N–H and O–H groups in total. The van der Waals surface area contributed by atoms with Crippen molar-refractivity contribution in [1.29, 1.82) is 0 Å². The minimum atomic E-state index is -0.00667. The van der Waals surface area contributed by atoms with Crippen LogP contribution in [0.3, 0.4) is 0 Å². The third-order valence-electron chi connectivity index (χ3n) is 0.347. The Labute approximate surface area is 40.7 Å². The molecule has 1 heterocycles. The van der Waals surface area contributed by atoms with Gasteiger partial charge in [-0.2, -0.15) is 0 Å². The first-order chi connectivity index (χ1) is 2.50. The molecule has 2 heteroatoms. The molecule has 1 radical (unpaired) electrons. The molecule has 1 aliphatic heterocycles. The molecule has 0 aromatic rings. The molecule has 0 aliphatic carbocycles. The fraction of sp³-hybridized carbons (Fsp3) is 0. The van der Waals surface area contributed by atoms with Gasteiger partial charge in [0.2, 0.25) is 0 Å². The summed E-state index contributed by atoms with van der Waals surface area (Å²) in [6, 6.07) is 0. The van der Waals surface area contributed by atoms with E-state index in [2.05, 4.69) is 7.15 Å². The van der Waals surface area contributed by atoms with Crippen molar-refractivity contribution in [1.82, 2.24) is 0 Å². The van der Waals surface area contributed by atoms with Crippen LogP contribution in [0.15, 0.2) is 12.3 Å². The number of allylic oxidation sites excluding steroid dienone is 1. The summed E-state index contributed by atoms with van der Waals surface area (Å²) in [6.45, 7) is 0. The zero-order valence-electron chi connectivity index (χ0n) is 2.59. The standard InChI is InChI=1S/C3H4OTe/c1-2-4-5-3-1/h1-4H/q+1. The molecule has 0 spiro atoms. The van der Waals surface area contributed by atoms with Crippen LogP contribution in [-0.2, 0) is 0 Å². The van der Waals surface area contributed by atoms with Crippen molar-refractivity contribution >= 4 is 24.9 Å². The molecule has 0 unspecified atom stereocenters. The number of hydrogen-bond donors (Lipinski definition) is 0. The third kappa shape index (κ3) is 0.752. The van der Waals surface area contributed by atoms with E-state index in [1.807, 2.05) is 12.3 Å². The number of hydrogen-bond acceptors (Lipinski definition) is 0. The Balaban J connectivity index is 2.61. The van der Waals surface area contributed by atoms with Crippen LogP contribution < -0.4 is 0 Å². The zero-order valence-corrected chi connectivity index (χ0v) is 4.92. The predicted molar refractivity (Wildman–Crippen MR) is 23.2 cm³/mol. The monoisotopic (exact) mass is 186 g/mol. The van der Waals surface area contributed by atoms with Crippen molar-refractivity contribution in [3.8, 4) is 0 Å². The van der Waals surface area contributed by atoms with Crippen LogP contribution in [-0.4, -0.2) is 28.0 Å². The van der Waals surface area contributed by atoms with Gasteiger partial charge in [-0.05, 0) is 0 Å². The van der Waals surface area contributed by atoms with Crippen LogP contribution in [0.4, 0.5) is 0 Å². The van der Waals surface area contributed by atoms with Crippen LogP contribution in [0.1, 0.15) is 0 Å². The Hall–Kier alpha value is 0.200. The van der Waals surface area contributed by atoms with Gasteiger partial charge in [0.15, 0.2) is 0 Å². The molecule has 0 fully saturated rings. The Bertz CT molecular complexity index is 65.0. The van der Waals surface area contributed by atoms with Gasteiger partial charge < -0.3 is 0 Å². The first kappa shape index (κ1) is 3.39. The molecule has 1 aliphatic rings. The quantitative estimate of drug-likeness (QED) is 0.354. The summed E-state index contributed by atoms with van der Waals surface area (Å²) in [7, 11) is 0. The van der Waals surface area contributed by atoms with E-state index in [0.717, 1.165) is 0 Å². The molecule has 0 saturated carbocycles. The molecule has 27 valence electrons. The summed E-state index contributed by atoms with van der Waals surface area (Å²) < 4.78 is 6.12. The molecule has 0 saturated heterocycles. The summed E-state index contributed by atoms with van der Waals surface area (Å²) in [4.78, 5) is 0. The van der Waals surface area contributed by atoms with Gasteiger partial charge in [0.25, 0.3) is 0 Å². The van der Waals surface area contributed by atoms with E-state index in [4.69, 9.17) is 0 Å². The molecular formula is C3H4OTe+. The SMILES string of the molecule is C1=C[OH+][Te]=C1. The Morgan fingerprint density at radius 3 is 2.80 bits per heavy atom. The van der Waals surface area contributed by atoms with Crippen molar-refractivity contribution in [3.05, 3.63) is 12.3 Å². The van der Waals surface area contributed by atoms with Gasteiger partial charge in [0.1, 0.15) is 0 Å². The van der Waals surface area contributed by atoms with Crippen molar-refractivity contribution in [2.24, 2.45) is 0 Å². The van der Waals surface area contributed by atoms with E-state index >= 15 is 0 Å². The van der Waals surface area contributed by atoms with Crippen LogP contribution in [0.25, 0.3) is 0 Å². The molecule has 1 rings (SSSR count). The van der Waals surface area contributed by atoms with Gasteiger partial charge in [0, 0.05) is 0 Å². The second-order valence-electron chi connectivity index (χ2n) is 0.688. The van der Waals surface area contributed by atoms with Gasteiger partial charge in [-0.3, -0.25) is 0 Å². The third-order valence-corrected chi connectivity index (χ3v) is 1.84. The molecule has 0 amide bonds. The average Bonchev–Trinajstić information content (AvgIpc) is 1.76. The van der Waals surface area contributed by atoms with Gasteiger partial charge in [-0.25, -0.2) is 0 Å². The molecule has 0 aromatic heterocycles. The van der Waals surface area contributed by atoms with Crippen molar-refractivity contribution < 1.29 is 3.10 Å². The first-order valence-corrected chi connectivity index (χ1v) is 3.73. The molecule has 1 nitrogen and oxygen atoms in total. The summed E-state index contributed by atoms with van der Waals surface area (Å²) in [5.41, 5.74) is 0. The topological polar surface area (TPSA) is 12.8 Å². The van der Waals surface area contributed by atoms with E-state index in [0.29, 0.717) is 0 Å². The fourth-order valence-electron chi connectivity index (χ4n) is 0.176. The van der Waals surface area contributed by atoms with E-state index in [-0.39, 0.29) is 20.9 Å². The molecule has 0 bridgehead atoms. The minimum absolute atomic E-state index is 0.00667. The Morgan fingerprint density at radius 2 is 2.60 bits per heavy atom. The number of aliphatic hydroxyl groups is 1. The summed E-state index contributed by atoms with van der Waals surface area (Å²) >= 11 is -0.00667. The second-order valence-corrected chi connectivity index (χ2v) is 2.67. The summed E-state index contributed by atoms with van der Waals surface area (Å²) in [5.74, 6) is 0. The van der Waals surface area contributed by atoms with E-state index < -0.39 is 0 Å². The Morgan fingerprint density at radius 1 is 1.60 bits per heavy atom. The van der Waals surface area contributed by atoms with Crippen molar-refractivity contribution in [2.45, 2.75) is 0 Å². The maximum atomic E-state index is 3.98. The second kappa shape index (κ2) is 1.59. The fourth-order valence-corrected chi connectivity index (χ4v) is 1.18. The Kier molecular flexibility index (Phi) is 1.08. The van der Waals surface area contributed by atoms with E-state index in [9.17, 15) is 0 Å². The van der Waals surface area contributed by atoms with Crippen LogP contribution in [0.2, 0.25) is 0 Å². The number of rotatable bonds is 0. The molecule has 0 aromatic carbocycles. The first-order valence-electron chi connectivity index (χ1n) is 1.34.